The molecule has 1 saturated heterocycles. The van der Waals surface area contributed by atoms with Crippen molar-refractivity contribution in [1.29, 1.82) is 0 Å². The van der Waals surface area contributed by atoms with Crippen LogP contribution in [0.25, 0.3) is 0 Å². The van der Waals surface area contributed by atoms with Gasteiger partial charge in [-0.3, -0.25) is 10.00 Å². The largest absolute Gasteiger partial charge is 0.396 e. The Balaban J connectivity index is 1.47. The lowest BCUT2D eigenvalue weighted by molar-refractivity contribution is 0.127. The van der Waals surface area contributed by atoms with Gasteiger partial charge in [-0.25, -0.2) is 4.98 Å². The molecule has 1 aliphatic heterocycles. The third-order valence-electron chi connectivity index (χ3n) is 5.45. The molecular formula is C22H27N5O. The first-order chi connectivity index (χ1) is 13.8. The molecule has 6 heteroatoms. The van der Waals surface area contributed by atoms with Crippen LogP contribution < -0.4 is 5.32 Å². The maximum atomic E-state index is 9.32. The van der Waals surface area contributed by atoms with Crippen molar-refractivity contribution in [3.63, 3.8) is 0 Å². The van der Waals surface area contributed by atoms with E-state index < -0.39 is 0 Å². The van der Waals surface area contributed by atoms with Gasteiger partial charge >= 0.3 is 0 Å². The minimum Gasteiger partial charge on any atom is -0.396 e. The minimum absolute atomic E-state index is 0.0840. The van der Waals surface area contributed by atoms with Gasteiger partial charge in [0, 0.05) is 18.8 Å². The highest BCUT2D eigenvalue weighted by Crippen LogP contribution is 2.25. The van der Waals surface area contributed by atoms with E-state index in [0.717, 1.165) is 49.6 Å². The predicted molar refractivity (Wildman–Crippen MR) is 110 cm³/mol. The first kappa shape index (κ1) is 18.7. The molecular weight excluding hydrogens is 350 g/mol. The molecule has 0 aliphatic carbocycles. The van der Waals surface area contributed by atoms with Gasteiger partial charge in [0.2, 0.25) is 0 Å². The summed E-state index contributed by atoms with van der Waals surface area (Å²) in [6.07, 6.45) is 3.70. The maximum Gasteiger partial charge on any atom is 0.151 e. The Morgan fingerprint density at radius 1 is 1.11 bits per heavy atom. The van der Waals surface area contributed by atoms with Gasteiger partial charge in [0.25, 0.3) is 0 Å². The summed E-state index contributed by atoms with van der Waals surface area (Å²) in [5.74, 6) is 1.26. The zero-order valence-electron chi connectivity index (χ0n) is 16.0. The number of hydrogen-bond donors (Lipinski definition) is 3. The van der Waals surface area contributed by atoms with E-state index in [1.54, 1.807) is 6.33 Å². The Morgan fingerprint density at radius 3 is 2.64 bits per heavy atom. The molecule has 0 spiro atoms. The summed E-state index contributed by atoms with van der Waals surface area (Å²) in [6.45, 7) is 3.35. The zero-order chi connectivity index (χ0) is 19.2. The molecule has 0 radical (unpaired) electrons. The Bertz CT molecular complexity index is 844. The van der Waals surface area contributed by atoms with Crippen molar-refractivity contribution in [3.05, 3.63) is 77.9 Å². The lowest BCUT2D eigenvalue weighted by atomic mass is 9.97. The second-order valence-electron chi connectivity index (χ2n) is 7.46. The van der Waals surface area contributed by atoms with Crippen molar-refractivity contribution in [2.75, 3.05) is 25.0 Å². The summed E-state index contributed by atoms with van der Waals surface area (Å²) in [5.41, 5.74) is 3.49. The van der Waals surface area contributed by atoms with Crippen LogP contribution in [0, 0.1) is 5.92 Å². The molecule has 1 aliphatic rings. The monoisotopic (exact) mass is 377 g/mol. The van der Waals surface area contributed by atoms with E-state index in [1.807, 2.05) is 18.2 Å². The van der Waals surface area contributed by atoms with Crippen LogP contribution in [0.4, 0.5) is 5.69 Å². The fourth-order valence-corrected chi connectivity index (χ4v) is 3.82. The van der Waals surface area contributed by atoms with Crippen molar-refractivity contribution in [2.45, 2.75) is 25.4 Å². The number of benzene rings is 2. The van der Waals surface area contributed by atoms with Crippen LogP contribution in [0.15, 0.2) is 60.9 Å². The standard InChI is InChI=1S/C22H27N5O/c28-15-17-9-11-27(12-10-17)14-18-5-4-8-20(13-18)25-21(22-23-16-24-26-22)19-6-2-1-3-7-19/h1-8,13,16-17,21,25,28H,9-12,14-15H2,(H,23,24,26). The third-order valence-corrected chi connectivity index (χ3v) is 5.45. The van der Waals surface area contributed by atoms with Crippen LogP contribution in [0.5, 0.6) is 0 Å². The molecule has 3 aromatic rings. The molecule has 28 heavy (non-hydrogen) atoms. The normalized spacial score (nSPS) is 16.8. The number of hydrogen-bond acceptors (Lipinski definition) is 5. The number of aromatic amines is 1. The average molecular weight is 377 g/mol. The van der Waals surface area contributed by atoms with Gasteiger partial charge in [0.1, 0.15) is 12.4 Å². The average Bonchev–Trinajstić information content (AvgIpc) is 3.28. The zero-order valence-corrected chi connectivity index (χ0v) is 16.0. The van der Waals surface area contributed by atoms with Crippen molar-refractivity contribution >= 4 is 5.69 Å². The molecule has 1 fully saturated rings. The van der Waals surface area contributed by atoms with E-state index in [1.165, 1.54) is 5.56 Å². The van der Waals surface area contributed by atoms with Gasteiger partial charge < -0.3 is 10.4 Å². The number of nitrogens with zero attached hydrogens (tertiary/aromatic N) is 3. The fourth-order valence-electron chi connectivity index (χ4n) is 3.82. The highest BCUT2D eigenvalue weighted by Gasteiger charge is 2.19. The lowest BCUT2D eigenvalue weighted by Gasteiger charge is -2.31. The molecule has 4 rings (SSSR count). The summed E-state index contributed by atoms with van der Waals surface area (Å²) < 4.78 is 0. The van der Waals surface area contributed by atoms with E-state index in [-0.39, 0.29) is 6.04 Å². The van der Waals surface area contributed by atoms with E-state index in [0.29, 0.717) is 12.5 Å². The molecule has 1 atom stereocenters. The number of rotatable bonds is 7. The van der Waals surface area contributed by atoms with Gasteiger partial charge in [0.15, 0.2) is 5.82 Å². The highest BCUT2D eigenvalue weighted by molar-refractivity contribution is 5.49. The molecule has 3 N–H and O–H groups in total. The van der Waals surface area contributed by atoms with E-state index >= 15 is 0 Å². The highest BCUT2D eigenvalue weighted by atomic mass is 16.3. The van der Waals surface area contributed by atoms with E-state index in [4.69, 9.17) is 0 Å². The SMILES string of the molecule is OCC1CCN(Cc2cccc(NC(c3ccccc3)c3ncn[nH]3)c2)CC1. The first-order valence-electron chi connectivity index (χ1n) is 9.90. The smallest absolute Gasteiger partial charge is 0.151 e. The van der Waals surface area contributed by atoms with Crippen molar-refractivity contribution in [2.24, 2.45) is 5.92 Å². The lowest BCUT2D eigenvalue weighted by Crippen LogP contribution is -2.34. The summed E-state index contributed by atoms with van der Waals surface area (Å²) in [5, 5.41) is 19.9. The molecule has 1 aromatic heterocycles. The van der Waals surface area contributed by atoms with Gasteiger partial charge in [-0.2, -0.15) is 5.10 Å². The van der Waals surface area contributed by atoms with Crippen LogP contribution >= 0.6 is 0 Å². The maximum absolute atomic E-state index is 9.32. The Morgan fingerprint density at radius 2 is 1.93 bits per heavy atom. The molecule has 0 saturated carbocycles. The second kappa shape index (κ2) is 8.99. The number of nitrogens with one attached hydrogen (secondary N) is 2. The topological polar surface area (TPSA) is 77.1 Å². The third kappa shape index (κ3) is 4.58. The summed E-state index contributed by atoms with van der Waals surface area (Å²) in [7, 11) is 0. The van der Waals surface area contributed by atoms with Crippen LogP contribution in [-0.2, 0) is 6.54 Å². The molecule has 0 amide bonds. The molecule has 1 unspecified atom stereocenters. The molecule has 2 heterocycles. The Labute approximate surface area is 165 Å². The van der Waals surface area contributed by atoms with Gasteiger partial charge in [-0.05, 0) is 55.1 Å². The molecule has 2 aromatic carbocycles. The van der Waals surface area contributed by atoms with E-state index in [9.17, 15) is 5.11 Å². The number of aliphatic hydroxyl groups is 1. The molecule has 6 nitrogen and oxygen atoms in total. The Hall–Kier alpha value is -2.70. The van der Waals surface area contributed by atoms with Crippen LogP contribution in [0.1, 0.15) is 35.8 Å². The summed E-state index contributed by atoms with van der Waals surface area (Å²) >= 11 is 0. The molecule has 0 bridgehead atoms. The van der Waals surface area contributed by atoms with E-state index in [2.05, 4.69) is 61.8 Å². The van der Waals surface area contributed by atoms with Crippen LogP contribution in [0.2, 0.25) is 0 Å². The second-order valence-corrected chi connectivity index (χ2v) is 7.46. The number of likely N-dealkylation sites (tertiary alicyclic amines) is 1. The van der Waals surface area contributed by atoms with Crippen LogP contribution in [0.3, 0.4) is 0 Å². The van der Waals surface area contributed by atoms with Gasteiger partial charge in [0.05, 0.1) is 0 Å². The van der Waals surface area contributed by atoms with Crippen molar-refractivity contribution in [3.8, 4) is 0 Å². The number of piperidine rings is 1. The van der Waals surface area contributed by atoms with Gasteiger partial charge in [-0.1, -0.05) is 42.5 Å². The predicted octanol–water partition coefficient (Wildman–Crippen LogP) is 3.21. The van der Waals surface area contributed by atoms with Crippen molar-refractivity contribution < 1.29 is 5.11 Å². The van der Waals surface area contributed by atoms with Crippen LogP contribution in [-0.4, -0.2) is 44.9 Å². The summed E-state index contributed by atoms with van der Waals surface area (Å²) in [4.78, 5) is 6.83. The van der Waals surface area contributed by atoms with Crippen molar-refractivity contribution in [1.82, 2.24) is 20.1 Å². The quantitative estimate of drug-likeness (QED) is 0.589. The first-order valence-corrected chi connectivity index (χ1v) is 9.90. The number of aromatic nitrogens is 3. The Kier molecular flexibility index (Phi) is 5.99. The number of anilines is 1. The molecule has 146 valence electrons. The van der Waals surface area contributed by atoms with Gasteiger partial charge in [-0.15, -0.1) is 0 Å². The fraction of sp³-hybridized carbons (Fsp3) is 0.364. The summed E-state index contributed by atoms with van der Waals surface area (Å²) in [6, 6.07) is 18.8. The minimum atomic E-state index is -0.0840. The number of H-pyrrole nitrogens is 1. The number of aliphatic hydroxyl groups excluding tert-OH is 1.